The lowest BCUT2D eigenvalue weighted by Gasteiger charge is -2.19. The standard InChI is InChI=1S/C28H25N3O6S/c29-14-17-3-9-22(10-4-17)37-26(19-7-5-18(6-8-19)24(35)2-1-11-32)27(36)31-28-30-23-12-20(15-33)21(16-34)13-25(23)38-28/h3-10,12-13,26,32-34H,1-2,11,15-16H2,(H,30,31,36). The zero-order valence-corrected chi connectivity index (χ0v) is 21.1. The summed E-state index contributed by atoms with van der Waals surface area (Å²) >= 11 is 1.22. The van der Waals surface area contributed by atoms with Crippen LogP contribution in [0.1, 0.15) is 51.6 Å². The van der Waals surface area contributed by atoms with Crippen molar-refractivity contribution in [2.24, 2.45) is 0 Å². The van der Waals surface area contributed by atoms with Crippen LogP contribution in [0, 0.1) is 11.3 Å². The van der Waals surface area contributed by atoms with E-state index < -0.39 is 12.0 Å². The van der Waals surface area contributed by atoms with Gasteiger partial charge in [0.1, 0.15) is 5.75 Å². The fourth-order valence-corrected chi connectivity index (χ4v) is 4.74. The molecule has 38 heavy (non-hydrogen) atoms. The quantitative estimate of drug-likeness (QED) is 0.213. The van der Waals surface area contributed by atoms with Gasteiger partial charge in [-0.15, -0.1) is 0 Å². The van der Waals surface area contributed by atoms with E-state index in [0.29, 0.717) is 50.6 Å². The molecule has 0 bridgehead atoms. The first-order valence-corrected chi connectivity index (χ1v) is 12.6. The first-order valence-electron chi connectivity index (χ1n) is 11.8. The van der Waals surface area contributed by atoms with Crippen LogP contribution in [-0.4, -0.2) is 38.6 Å². The molecule has 10 heteroatoms. The van der Waals surface area contributed by atoms with Crippen LogP contribution >= 0.6 is 11.3 Å². The van der Waals surface area contributed by atoms with Gasteiger partial charge in [0.05, 0.1) is 35.1 Å². The number of hydrogen-bond donors (Lipinski definition) is 4. The van der Waals surface area contributed by atoms with Crippen LogP contribution in [0.4, 0.5) is 5.13 Å². The minimum atomic E-state index is -1.10. The summed E-state index contributed by atoms with van der Waals surface area (Å²) in [5.74, 6) is -0.243. The summed E-state index contributed by atoms with van der Waals surface area (Å²) in [4.78, 5) is 30.2. The Balaban J connectivity index is 1.61. The second-order valence-electron chi connectivity index (χ2n) is 8.42. The normalized spacial score (nSPS) is 11.6. The van der Waals surface area contributed by atoms with Crippen LogP contribution in [-0.2, 0) is 18.0 Å². The van der Waals surface area contributed by atoms with Gasteiger partial charge in [-0.1, -0.05) is 35.6 Å². The molecular weight excluding hydrogens is 506 g/mol. The van der Waals surface area contributed by atoms with Crippen LogP contribution < -0.4 is 10.1 Å². The number of amides is 1. The van der Waals surface area contributed by atoms with Gasteiger partial charge in [0.15, 0.2) is 10.9 Å². The van der Waals surface area contributed by atoms with E-state index in [-0.39, 0.29) is 32.0 Å². The summed E-state index contributed by atoms with van der Waals surface area (Å²) in [5.41, 5.74) is 3.11. The molecule has 0 saturated carbocycles. The van der Waals surface area contributed by atoms with E-state index in [2.05, 4.69) is 10.3 Å². The predicted molar refractivity (Wildman–Crippen MR) is 142 cm³/mol. The fourth-order valence-electron chi connectivity index (χ4n) is 3.82. The third-order valence-electron chi connectivity index (χ3n) is 5.85. The second kappa shape index (κ2) is 12.4. The Kier molecular flexibility index (Phi) is 8.78. The summed E-state index contributed by atoms with van der Waals surface area (Å²) in [6.45, 7) is -0.548. The van der Waals surface area contributed by atoms with E-state index in [1.165, 1.54) is 11.3 Å². The SMILES string of the molecule is N#Cc1ccc(OC(C(=O)Nc2nc3cc(CO)c(CO)cc3s2)c2ccc(C(=O)CCCO)cc2)cc1. The minimum Gasteiger partial charge on any atom is -0.476 e. The first kappa shape index (κ1) is 26.9. The second-order valence-corrected chi connectivity index (χ2v) is 9.45. The van der Waals surface area contributed by atoms with E-state index in [0.717, 1.165) is 4.70 Å². The number of nitrogens with one attached hydrogen (secondary N) is 1. The maximum absolute atomic E-state index is 13.4. The van der Waals surface area contributed by atoms with Crippen LogP contribution in [0.15, 0.2) is 60.7 Å². The lowest BCUT2D eigenvalue weighted by Crippen LogP contribution is -2.25. The fraction of sp³-hybridized carbons (Fsp3) is 0.214. The van der Waals surface area contributed by atoms with E-state index >= 15 is 0 Å². The number of rotatable bonds is 11. The van der Waals surface area contributed by atoms with Gasteiger partial charge >= 0.3 is 0 Å². The summed E-state index contributed by atoms with van der Waals surface area (Å²) in [5, 5.41) is 40.3. The third-order valence-corrected chi connectivity index (χ3v) is 6.79. The number of aromatic nitrogens is 1. The average Bonchev–Trinajstić information content (AvgIpc) is 3.35. The number of benzene rings is 3. The van der Waals surface area contributed by atoms with Crippen molar-refractivity contribution in [1.82, 2.24) is 4.98 Å². The number of aliphatic hydroxyl groups excluding tert-OH is 3. The van der Waals surface area contributed by atoms with Crippen molar-refractivity contribution < 1.29 is 29.6 Å². The number of aliphatic hydroxyl groups is 3. The van der Waals surface area contributed by atoms with Crippen molar-refractivity contribution in [3.63, 3.8) is 0 Å². The number of carbonyl (C=O) groups excluding carboxylic acids is 2. The number of Topliss-reactive ketones (excluding diaryl/α,β-unsaturated/α-hetero) is 1. The number of ketones is 1. The number of ether oxygens (including phenoxy) is 1. The summed E-state index contributed by atoms with van der Waals surface area (Å²) < 4.78 is 6.75. The molecule has 0 radical (unpaired) electrons. The molecule has 0 aliphatic heterocycles. The molecule has 9 nitrogen and oxygen atoms in total. The van der Waals surface area contributed by atoms with Gasteiger partial charge < -0.3 is 20.1 Å². The zero-order valence-electron chi connectivity index (χ0n) is 20.3. The average molecular weight is 532 g/mol. The highest BCUT2D eigenvalue weighted by atomic mass is 32.1. The Morgan fingerprint density at radius 3 is 2.32 bits per heavy atom. The molecule has 0 aliphatic carbocycles. The van der Waals surface area contributed by atoms with Gasteiger partial charge in [0.2, 0.25) is 6.10 Å². The minimum absolute atomic E-state index is 0.0705. The Morgan fingerprint density at radius 1 is 1.00 bits per heavy atom. The third kappa shape index (κ3) is 6.22. The summed E-state index contributed by atoms with van der Waals surface area (Å²) in [6, 6.07) is 18.3. The monoisotopic (exact) mass is 531 g/mol. The van der Waals surface area contributed by atoms with Crippen molar-refractivity contribution in [3.05, 3.63) is 88.5 Å². The number of anilines is 1. The number of nitrogens with zero attached hydrogens (tertiary/aromatic N) is 2. The Bertz CT molecular complexity index is 1430. The molecule has 4 N–H and O–H groups in total. The number of nitriles is 1. The van der Waals surface area contributed by atoms with E-state index in [9.17, 15) is 19.8 Å². The predicted octanol–water partition coefficient (Wildman–Crippen LogP) is 3.87. The highest BCUT2D eigenvalue weighted by Gasteiger charge is 2.25. The van der Waals surface area contributed by atoms with E-state index in [1.54, 1.807) is 60.7 Å². The smallest absolute Gasteiger partial charge is 0.271 e. The van der Waals surface area contributed by atoms with Crippen molar-refractivity contribution >= 4 is 38.4 Å². The van der Waals surface area contributed by atoms with Gasteiger partial charge in [0.25, 0.3) is 5.91 Å². The number of thiazole rings is 1. The number of fused-ring (bicyclic) bond motifs is 1. The topological polar surface area (TPSA) is 153 Å². The highest BCUT2D eigenvalue weighted by molar-refractivity contribution is 7.22. The molecule has 1 aromatic heterocycles. The molecule has 1 heterocycles. The largest absolute Gasteiger partial charge is 0.476 e. The number of carbonyl (C=O) groups is 2. The van der Waals surface area contributed by atoms with Crippen molar-refractivity contribution in [1.29, 1.82) is 5.26 Å². The summed E-state index contributed by atoms with van der Waals surface area (Å²) in [7, 11) is 0. The molecule has 1 unspecified atom stereocenters. The van der Waals surface area contributed by atoms with Crippen LogP contribution in [0.5, 0.6) is 5.75 Å². The number of hydrogen-bond acceptors (Lipinski definition) is 9. The van der Waals surface area contributed by atoms with Gasteiger partial charge in [-0.25, -0.2) is 4.98 Å². The molecule has 194 valence electrons. The first-order chi connectivity index (χ1) is 18.4. The molecule has 4 rings (SSSR count). The molecular formula is C28H25N3O6S. The van der Waals surface area contributed by atoms with Crippen molar-refractivity contribution in [3.8, 4) is 11.8 Å². The molecule has 1 amide bonds. The molecule has 3 aromatic carbocycles. The van der Waals surface area contributed by atoms with E-state index in [1.807, 2.05) is 6.07 Å². The lowest BCUT2D eigenvalue weighted by atomic mass is 10.0. The van der Waals surface area contributed by atoms with Crippen LogP contribution in [0.25, 0.3) is 10.2 Å². The summed E-state index contributed by atoms with van der Waals surface area (Å²) in [6.07, 6.45) is -0.512. The van der Waals surface area contributed by atoms with Gasteiger partial charge in [0, 0.05) is 24.2 Å². The zero-order chi connectivity index (χ0) is 27.1. The van der Waals surface area contributed by atoms with Crippen LogP contribution in [0.3, 0.4) is 0 Å². The van der Waals surface area contributed by atoms with Crippen molar-refractivity contribution in [2.45, 2.75) is 32.2 Å². The van der Waals surface area contributed by atoms with Gasteiger partial charge in [-0.2, -0.15) is 5.26 Å². The van der Waals surface area contributed by atoms with Gasteiger partial charge in [-0.3, -0.25) is 14.9 Å². The van der Waals surface area contributed by atoms with Crippen LogP contribution in [0.2, 0.25) is 0 Å². The highest BCUT2D eigenvalue weighted by Crippen LogP contribution is 2.31. The lowest BCUT2D eigenvalue weighted by molar-refractivity contribution is -0.123. The maximum atomic E-state index is 13.4. The molecule has 4 aromatic rings. The Labute approximate surface area is 222 Å². The van der Waals surface area contributed by atoms with Crippen molar-refractivity contribution in [2.75, 3.05) is 11.9 Å². The van der Waals surface area contributed by atoms with E-state index in [4.69, 9.17) is 15.1 Å². The Morgan fingerprint density at radius 2 is 1.68 bits per heavy atom. The Hall–Kier alpha value is -4.14. The molecule has 0 fully saturated rings. The molecule has 0 saturated heterocycles. The maximum Gasteiger partial charge on any atom is 0.271 e. The molecule has 1 atom stereocenters. The molecule has 0 aliphatic rings. The molecule has 0 spiro atoms. The van der Waals surface area contributed by atoms with Gasteiger partial charge in [-0.05, 0) is 53.9 Å².